The van der Waals surface area contributed by atoms with Crippen molar-refractivity contribution in [3.05, 3.63) is 59.4 Å². The Kier molecular flexibility index (Phi) is 3.80. The molecule has 0 aliphatic heterocycles. The van der Waals surface area contributed by atoms with Crippen LogP contribution in [0.1, 0.15) is 26.5 Å². The second-order valence-electron chi connectivity index (χ2n) is 5.08. The van der Waals surface area contributed by atoms with Crippen molar-refractivity contribution >= 4 is 28.6 Å². The van der Waals surface area contributed by atoms with E-state index in [-0.39, 0.29) is 5.91 Å². The van der Waals surface area contributed by atoms with Gasteiger partial charge in [-0.2, -0.15) is 0 Å². The predicted octanol–water partition coefficient (Wildman–Crippen LogP) is 2.91. The molecule has 0 saturated heterocycles. The predicted molar refractivity (Wildman–Crippen MR) is 86.6 cm³/mol. The third kappa shape index (κ3) is 3.06. The average Bonchev–Trinajstić information content (AvgIpc) is 2.93. The number of nitrogens with zero attached hydrogens (tertiary/aromatic N) is 1. The van der Waals surface area contributed by atoms with E-state index in [9.17, 15) is 9.59 Å². The quantitative estimate of drug-likeness (QED) is 0.729. The molecular weight excluding hydrogens is 294 g/mol. The van der Waals surface area contributed by atoms with Gasteiger partial charge >= 0.3 is 5.97 Å². The van der Waals surface area contributed by atoms with Gasteiger partial charge in [0.1, 0.15) is 5.82 Å². The van der Waals surface area contributed by atoms with Crippen LogP contribution in [0, 0.1) is 6.92 Å². The molecule has 23 heavy (non-hydrogen) atoms. The number of nitrogens with one attached hydrogen (secondary N) is 2. The summed E-state index contributed by atoms with van der Waals surface area (Å²) >= 11 is 0. The van der Waals surface area contributed by atoms with E-state index in [1.807, 2.05) is 6.92 Å². The average molecular weight is 309 g/mol. The number of anilines is 1. The molecule has 0 unspecified atom stereocenters. The number of fused-ring (bicyclic) bond motifs is 1. The Morgan fingerprint density at radius 2 is 1.78 bits per heavy atom. The number of aryl methyl sites for hydroxylation is 1. The Hall–Kier alpha value is -3.15. The van der Waals surface area contributed by atoms with Gasteiger partial charge in [-0.25, -0.2) is 9.78 Å². The first-order valence-corrected chi connectivity index (χ1v) is 7.03. The molecule has 6 nitrogen and oxygen atoms in total. The van der Waals surface area contributed by atoms with E-state index in [0.717, 1.165) is 16.9 Å². The van der Waals surface area contributed by atoms with Crippen LogP contribution in [-0.4, -0.2) is 29.0 Å². The maximum atomic E-state index is 12.3. The Morgan fingerprint density at radius 3 is 2.48 bits per heavy atom. The molecule has 1 heterocycles. The highest BCUT2D eigenvalue weighted by molar-refractivity contribution is 6.06. The summed E-state index contributed by atoms with van der Waals surface area (Å²) in [6.45, 7) is 1.86. The van der Waals surface area contributed by atoms with E-state index < -0.39 is 5.97 Å². The first-order valence-electron chi connectivity index (χ1n) is 7.03. The summed E-state index contributed by atoms with van der Waals surface area (Å²) in [5.41, 5.74) is 3.19. The molecule has 0 saturated carbocycles. The number of carbonyl (C=O) groups excluding carboxylic acids is 2. The zero-order chi connectivity index (χ0) is 16.4. The maximum absolute atomic E-state index is 12.3. The normalized spacial score (nSPS) is 10.5. The van der Waals surface area contributed by atoms with Crippen LogP contribution in [-0.2, 0) is 4.74 Å². The maximum Gasteiger partial charge on any atom is 0.337 e. The molecule has 0 radical (unpaired) electrons. The van der Waals surface area contributed by atoms with Crippen LogP contribution in [0.15, 0.2) is 42.5 Å². The fraction of sp³-hybridized carbons (Fsp3) is 0.118. The second-order valence-corrected chi connectivity index (χ2v) is 5.08. The minimum atomic E-state index is -0.414. The van der Waals surface area contributed by atoms with Crippen molar-refractivity contribution in [3.8, 4) is 0 Å². The largest absolute Gasteiger partial charge is 0.465 e. The molecule has 0 aliphatic rings. The lowest BCUT2D eigenvalue weighted by Gasteiger charge is -2.06. The Morgan fingerprint density at radius 1 is 1.09 bits per heavy atom. The van der Waals surface area contributed by atoms with Crippen molar-refractivity contribution in [2.75, 3.05) is 12.4 Å². The summed E-state index contributed by atoms with van der Waals surface area (Å²) in [7, 11) is 1.32. The molecule has 116 valence electrons. The van der Waals surface area contributed by atoms with Crippen LogP contribution < -0.4 is 5.32 Å². The van der Waals surface area contributed by atoms with Crippen LogP contribution in [0.2, 0.25) is 0 Å². The van der Waals surface area contributed by atoms with Crippen molar-refractivity contribution in [1.29, 1.82) is 0 Å². The van der Waals surface area contributed by atoms with Crippen molar-refractivity contribution in [2.24, 2.45) is 0 Å². The molecule has 2 N–H and O–H groups in total. The number of imidazole rings is 1. The van der Waals surface area contributed by atoms with E-state index in [4.69, 9.17) is 0 Å². The molecule has 1 aromatic heterocycles. The molecular formula is C17H15N3O3. The van der Waals surface area contributed by atoms with Crippen molar-refractivity contribution in [3.63, 3.8) is 0 Å². The van der Waals surface area contributed by atoms with Crippen LogP contribution in [0.25, 0.3) is 11.0 Å². The SMILES string of the molecule is COC(=O)c1ccc(NC(=O)c2ccc3nc(C)[nH]c3c2)cc1. The number of hydrogen-bond donors (Lipinski definition) is 2. The van der Waals surface area contributed by atoms with Gasteiger partial charge in [0, 0.05) is 11.3 Å². The smallest absolute Gasteiger partial charge is 0.337 e. The van der Waals surface area contributed by atoms with Gasteiger partial charge in [-0.3, -0.25) is 4.79 Å². The molecule has 3 aromatic rings. The highest BCUT2D eigenvalue weighted by Crippen LogP contribution is 2.16. The van der Waals surface area contributed by atoms with Crippen molar-refractivity contribution in [1.82, 2.24) is 9.97 Å². The molecule has 1 amide bonds. The highest BCUT2D eigenvalue weighted by atomic mass is 16.5. The third-order valence-electron chi connectivity index (χ3n) is 3.43. The monoisotopic (exact) mass is 309 g/mol. The fourth-order valence-corrected chi connectivity index (χ4v) is 2.29. The summed E-state index contributed by atoms with van der Waals surface area (Å²) in [5.74, 6) is 0.156. The van der Waals surface area contributed by atoms with Gasteiger partial charge in [-0.05, 0) is 49.4 Å². The molecule has 3 rings (SSSR count). The first kappa shape index (κ1) is 14.8. The lowest BCUT2D eigenvalue weighted by molar-refractivity contribution is 0.0600. The number of aromatic nitrogens is 2. The zero-order valence-electron chi connectivity index (χ0n) is 12.7. The van der Waals surface area contributed by atoms with Gasteiger partial charge in [-0.15, -0.1) is 0 Å². The van der Waals surface area contributed by atoms with E-state index in [2.05, 4.69) is 20.0 Å². The number of methoxy groups -OCH3 is 1. The topological polar surface area (TPSA) is 84.1 Å². The minimum absolute atomic E-state index is 0.232. The number of benzene rings is 2. The summed E-state index contributed by atoms with van der Waals surface area (Å²) in [6.07, 6.45) is 0. The number of hydrogen-bond acceptors (Lipinski definition) is 4. The number of amides is 1. The summed E-state index contributed by atoms with van der Waals surface area (Å²) < 4.78 is 4.63. The van der Waals surface area contributed by atoms with Gasteiger partial charge in [0.25, 0.3) is 5.91 Å². The molecule has 0 aliphatic carbocycles. The van der Waals surface area contributed by atoms with Crippen LogP contribution in [0.4, 0.5) is 5.69 Å². The van der Waals surface area contributed by atoms with E-state index in [0.29, 0.717) is 16.8 Å². The molecule has 0 fully saturated rings. The van der Waals surface area contributed by atoms with Gasteiger partial charge in [0.2, 0.25) is 0 Å². The number of carbonyl (C=O) groups is 2. The molecule has 2 aromatic carbocycles. The van der Waals surface area contributed by atoms with Gasteiger partial charge in [0.05, 0.1) is 23.7 Å². The second kappa shape index (κ2) is 5.92. The highest BCUT2D eigenvalue weighted by Gasteiger charge is 2.10. The van der Waals surface area contributed by atoms with Crippen LogP contribution in [0.3, 0.4) is 0 Å². The van der Waals surface area contributed by atoms with Crippen LogP contribution >= 0.6 is 0 Å². The Bertz CT molecular complexity index is 882. The van der Waals surface area contributed by atoms with E-state index >= 15 is 0 Å². The van der Waals surface area contributed by atoms with Crippen molar-refractivity contribution in [2.45, 2.75) is 6.92 Å². The third-order valence-corrected chi connectivity index (χ3v) is 3.43. The molecule has 0 spiro atoms. The summed E-state index contributed by atoms with van der Waals surface area (Å²) in [4.78, 5) is 31.1. The first-order chi connectivity index (χ1) is 11.1. The number of aromatic amines is 1. The molecule has 0 atom stereocenters. The molecule has 0 bridgehead atoms. The fourth-order valence-electron chi connectivity index (χ4n) is 2.29. The Balaban J connectivity index is 1.78. The number of H-pyrrole nitrogens is 1. The summed E-state index contributed by atoms with van der Waals surface area (Å²) in [6, 6.07) is 11.8. The number of esters is 1. The van der Waals surface area contributed by atoms with Crippen LogP contribution in [0.5, 0.6) is 0 Å². The molecule has 6 heteroatoms. The lowest BCUT2D eigenvalue weighted by Crippen LogP contribution is -2.12. The minimum Gasteiger partial charge on any atom is -0.465 e. The number of ether oxygens (including phenoxy) is 1. The number of rotatable bonds is 3. The zero-order valence-corrected chi connectivity index (χ0v) is 12.7. The van der Waals surface area contributed by atoms with Gasteiger partial charge in [0.15, 0.2) is 0 Å². The van der Waals surface area contributed by atoms with Gasteiger partial charge in [-0.1, -0.05) is 0 Å². The van der Waals surface area contributed by atoms with E-state index in [1.54, 1.807) is 42.5 Å². The standard InChI is InChI=1S/C17H15N3O3/c1-10-18-14-8-5-12(9-15(14)19-10)16(21)20-13-6-3-11(4-7-13)17(22)23-2/h3-9H,1-2H3,(H,18,19)(H,20,21). The van der Waals surface area contributed by atoms with Gasteiger partial charge < -0.3 is 15.0 Å². The Labute approximate surface area is 132 Å². The lowest BCUT2D eigenvalue weighted by atomic mass is 10.1. The summed E-state index contributed by atoms with van der Waals surface area (Å²) in [5, 5.41) is 2.79. The van der Waals surface area contributed by atoms with E-state index in [1.165, 1.54) is 7.11 Å². The van der Waals surface area contributed by atoms with Crippen molar-refractivity contribution < 1.29 is 14.3 Å².